The largest absolute Gasteiger partial charge is 0.315 e. The van der Waals surface area contributed by atoms with Crippen LogP contribution in [0.1, 0.15) is 30.4 Å². The Labute approximate surface area is 167 Å². The van der Waals surface area contributed by atoms with E-state index in [1.807, 2.05) is 30.3 Å². The predicted molar refractivity (Wildman–Crippen MR) is 107 cm³/mol. The molecule has 0 radical (unpaired) electrons. The number of thioether (sulfide) groups is 1. The number of carbonyl (C=O) groups excluding carboxylic acids is 2. The molecule has 2 aliphatic heterocycles. The maximum Gasteiger partial charge on any atom is 0.268 e. The second-order valence-electron chi connectivity index (χ2n) is 7.65. The van der Waals surface area contributed by atoms with E-state index in [4.69, 9.17) is 0 Å². The van der Waals surface area contributed by atoms with E-state index < -0.39 is 4.87 Å². The molecule has 1 spiro atoms. The third kappa shape index (κ3) is 2.50. The van der Waals surface area contributed by atoms with Crippen LogP contribution in [-0.2, 0) is 21.0 Å². The molecule has 144 valence electrons. The molecular weight excluding hydrogens is 375 g/mol. The summed E-state index contributed by atoms with van der Waals surface area (Å²) in [5, 5.41) is 0. The fourth-order valence-electron chi connectivity index (χ4n) is 4.41. The first-order valence-corrected chi connectivity index (χ1v) is 10.7. The van der Waals surface area contributed by atoms with E-state index in [2.05, 4.69) is 0 Å². The van der Waals surface area contributed by atoms with Crippen LogP contribution >= 0.6 is 11.8 Å². The van der Waals surface area contributed by atoms with Crippen molar-refractivity contribution in [3.05, 3.63) is 65.5 Å². The number of nitrogens with zero attached hydrogens (tertiary/aromatic N) is 2. The molecule has 0 aromatic heterocycles. The number of fused-ring (bicyclic) bond motifs is 2. The Morgan fingerprint density at radius 2 is 1.96 bits per heavy atom. The lowest BCUT2D eigenvalue weighted by Gasteiger charge is -2.37. The van der Waals surface area contributed by atoms with Crippen LogP contribution in [0.15, 0.2) is 48.5 Å². The van der Waals surface area contributed by atoms with Gasteiger partial charge in [-0.3, -0.25) is 9.59 Å². The summed E-state index contributed by atoms with van der Waals surface area (Å²) in [6, 6.07) is 14.3. The van der Waals surface area contributed by atoms with Gasteiger partial charge in [0.2, 0.25) is 5.91 Å². The van der Waals surface area contributed by atoms with E-state index in [0.717, 1.165) is 24.8 Å². The Morgan fingerprint density at radius 3 is 2.68 bits per heavy atom. The SMILES string of the molecule is O=C(C1CCC1)N1CCSC12C(=O)N(Cc1ccccc1)c1ccc(F)cc12. The van der Waals surface area contributed by atoms with Gasteiger partial charge in [-0.25, -0.2) is 4.39 Å². The van der Waals surface area contributed by atoms with Crippen LogP contribution in [0.5, 0.6) is 0 Å². The van der Waals surface area contributed by atoms with Crippen LogP contribution in [0.2, 0.25) is 0 Å². The van der Waals surface area contributed by atoms with E-state index in [1.54, 1.807) is 15.9 Å². The van der Waals surface area contributed by atoms with Gasteiger partial charge >= 0.3 is 0 Å². The van der Waals surface area contributed by atoms with Crippen LogP contribution in [0.3, 0.4) is 0 Å². The minimum Gasteiger partial charge on any atom is -0.315 e. The Bertz CT molecular complexity index is 947. The van der Waals surface area contributed by atoms with Crippen LogP contribution in [0.4, 0.5) is 10.1 Å². The number of benzene rings is 2. The van der Waals surface area contributed by atoms with Gasteiger partial charge in [0, 0.05) is 23.8 Å². The zero-order valence-corrected chi connectivity index (χ0v) is 16.3. The van der Waals surface area contributed by atoms with Gasteiger partial charge < -0.3 is 9.80 Å². The summed E-state index contributed by atoms with van der Waals surface area (Å²) in [6.45, 7) is 0.937. The van der Waals surface area contributed by atoms with E-state index >= 15 is 0 Å². The van der Waals surface area contributed by atoms with Crippen molar-refractivity contribution in [1.29, 1.82) is 0 Å². The van der Waals surface area contributed by atoms with E-state index in [9.17, 15) is 14.0 Å². The molecule has 2 heterocycles. The van der Waals surface area contributed by atoms with E-state index in [1.165, 1.54) is 23.9 Å². The highest BCUT2D eigenvalue weighted by Gasteiger charge is 2.60. The Kier molecular flexibility index (Phi) is 4.19. The number of rotatable bonds is 3. The maximum absolute atomic E-state index is 14.2. The van der Waals surface area contributed by atoms with Gasteiger partial charge in [0.1, 0.15) is 5.82 Å². The first-order valence-electron chi connectivity index (χ1n) is 9.72. The minimum atomic E-state index is -1.13. The minimum absolute atomic E-state index is 0.00329. The summed E-state index contributed by atoms with van der Waals surface area (Å²) >= 11 is 1.46. The van der Waals surface area contributed by atoms with Gasteiger partial charge in [-0.15, -0.1) is 11.8 Å². The summed E-state index contributed by atoms with van der Waals surface area (Å²) < 4.78 is 14.2. The van der Waals surface area contributed by atoms with Crippen molar-refractivity contribution >= 4 is 29.3 Å². The topological polar surface area (TPSA) is 40.6 Å². The summed E-state index contributed by atoms with van der Waals surface area (Å²) in [5.74, 6) is 0.215. The molecule has 1 atom stereocenters. The standard InChI is InChI=1S/C22H21FN2O2S/c23-17-9-10-19-18(13-17)22(21(27)24(19)14-15-5-2-1-3-6-15)25(11-12-28-22)20(26)16-7-4-8-16/h1-3,5-6,9-10,13,16H,4,7-8,11-12,14H2. The molecule has 1 unspecified atom stereocenters. The predicted octanol–water partition coefficient (Wildman–Crippen LogP) is 3.90. The van der Waals surface area contributed by atoms with Crippen molar-refractivity contribution in [3.63, 3.8) is 0 Å². The van der Waals surface area contributed by atoms with Gasteiger partial charge in [-0.05, 0) is 36.6 Å². The smallest absolute Gasteiger partial charge is 0.268 e. The van der Waals surface area contributed by atoms with E-state index in [-0.39, 0.29) is 23.5 Å². The number of halogens is 1. The molecule has 2 aromatic carbocycles. The molecular formula is C22H21FN2O2S. The first-order chi connectivity index (χ1) is 13.6. The van der Waals surface area contributed by atoms with Crippen LogP contribution in [0.25, 0.3) is 0 Å². The lowest BCUT2D eigenvalue weighted by atomic mass is 9.84. The molecule has 0 N–H and O–H groups in total. The highest BCUT2D eigenvalue weighted by atomic mass is 32.2. The summed E-state index contributed by atoms with van der Waals surface area (Å²) in [5.41, 5.74) is 2.32. The normalized spacial score (nSPS) is 24.0. The number of anilines is 1. The Balaban J connectivity index is 1.59. The molecule has 1 saturated heterocycles. The molecule has 2 amide bonds. The first kappa shape index (κ1) is 17.7. The molecule has 6 heteroatoms. The van der Waals surface area contributed by atoms with Crippen molar-refractivity contribution in [3.8, 4) is 0 Å². The van der Waals surface area contributed by atoms with Gasteiger partial charge in [0.05, 0.1) is 12.2 Å². The second kappa shape index (κ2) is 6.62. The molecule has 5 rings (SSSR count). The zero-order chi connectivity index (χ0) is 19.3. The average Bonchev–Trinajstić information content (AvgIpc) is 3.19. The highest BCUT2D eigenvalue weighted by Crippen LogP contribution is 2.55. The number of amides is 2. The van der Waals surface area contributed by atoms with Crippen LogP contribution < -0.4 is 4.90 Å². The quantitative estimate of drug-likeness (QED) is 0.790. The van der Waals surface area contributed by atoms with Crippen molar-refractivity contribution in [2.45, 2.75) is 30.7 Å². The molecule has 4 nitrogen and oxygen atoms in total. The average molecular weight is 396 g/mol. The van der Waals surface area contributed by atoms with Crippen LogP contribution in [-0.4, -0.2) is 29.0 Å². The number of hydrogen-bond acceptors (Lipinski definition) is 3. The van der Waals surface area contributed by atoms with Crippen molar-refractivity contribution in [1.82, 2.24) is 4.90 Å². The lowest BCUT2D eigenvalue weighted by Crippen LogP contribution is -2.52. The van der Waals surface area contributed by atoms with Gasteiger partial charge in [-0.1, -0.05) is 36.8 Å². The summed E-state index contributed by atoms with van der Waals surface area (Å²) in [4.78, 5) is 29.2. The van der Waals surface area contributed by atoms with Gasteiger partial charge in [0.15, 0.2) is 4.87 Å². The zero-order valence-electron chi connectivity index (χ0n) is 15.4. The van der Waals surface area contributed by atoms with Crippen LogP contribution in [0, 0.1) is 11.7 Å². The maximum atomic E-state index is 14.2. The summed E-state index contributed by atoms with van der Waals surface area (Å²) in [6.07, 6.45) is 2.83. The second-order valence-corrected chi connectivity index (χ2v) is 8.94. The Hall–Kier alpha value is -2.34. The molecule has 2 aromatic rings. The molecule has 2 fully saturated rings. The van der Waals surface area contributed by atoms with Crippen molar-refractivity contribution < 1.29 is 14.0 Å². The molecule has 3 aliphatic rings. The number of hydrogen-bond donors (Lipinski definition) is 0. The number of carbonyl (C=O) groups is 2. The third-order valence-electron chi connectivity index (χ3n) is 6.06. The van der Waals surface area contributed by atoms with Gasteiger partial charge in [-0.2, -0.15) is 0 Å². The molecule has 1 aliphatic carbocycles. The van der Waals surface area contributed by atoms with E-state index in [0.29, 0.717) is 30.1 Å². The van der Waals surface area contributed by atoms with Crippen molar-refractivity contribution in [2.24, 2.45) is 5.92 Å². The molecule has 0 bridgehead atoms. The highest BCUT2D eigenvalue weighted by molar-refractivity contribution is 8.01. The Morgan fingerprint density at radius 1 is 1.18 bits per heavy atom. The molecule has 1 saturated carbocycles. The van der Waals surface area contributed by atoms with Crippen molar-refractivity contribution in [2.75, 3.05) is 17.2 Å². The molecule has 28 heavy (non-hydrogen) atoms. The fourth-order valence-corrected chi connectivity index (χ4v) is 5.87. The lowest BCUT2D eigenvalue weighted by molar-refractivity contribution is -0.145. The monoisotopic (exact) mass is 396 g/mol. The summed E-state index contributed by atoms with van der Waals surface area (Å²) in [7, 11) is 0. The van der Waals surface area contributed by atoms with Gasteiger partial charge in [0.25, 0.3) is 5.91 Å². The fraction of sp³-hybridized carbons (Fsp3) is 0.364. The third-order valence-corrected chi connectivity index (χ3v) is 7.48.